The molecule has 2 aromatic heterocycles. The van der Waals surface area contributed by atoms with E-state index in [9.17, 15) is 10.1 Å². The van der Waals surface area contributed by atoms with E-state index in [0.29, 0.717) is 11.5 Å². The van der Waals surface area contributed by atoms with Gasteiger partial charge in [0.15, 0.2) is 0 Å². The number of rotatable bonds is 2. The number of non-ortho nitro benzene ring substituents is 1. The lowest BCUT2D eigenvalue weighted by Crippen LogP contribution is -1.98. The maximum Gasteiger partial charge on any atom is 0.271 e. The van der Waals surface area contributed by atoms with Gasteiger partial charge in [0.2, 0.25) is 5.95 Å². The van der Waals surface area contributed by atoms with Gasteiger partial charge >= 0.3 is 0 Å². The summed E-state index contributed by atoms with van der Waals surface area (Å²) in [6.07, 6.45) is 4.79. The van der Waals surface area contributed by atoms with Crippen LogP contribution in [0.3, 0.4) is 0 Å². The normalized spacial score (nSPS) is 10.7. The van der Waals surface area contributed by atoms with Gasteiger partial charge in [0, 0.05) is 24.5 Å². The number of aromatic nitrogens is 4. The van der Waals surface area contributed by atoms with Crippen LogP contribution in [0, 0.1) is 10.1 Å². The van der Waals surface area contributed by atoms with Gasteiger partial charge in [-0.3, -0.25) is 14.7 Å². The second-order valence-electron chi connectivity index (χ2n) is 3.59. The highest BCUT2D eigenvalue weighted by molar-refractivity contribution is 5.79. The Hall–Kier alpha value is -2.83. The number of benzene rings is 1. The van der Waals surface area contributed by atoms with Gasteiger partial charge < -0.3 is 0 Å². The molecule has 0 N–H and O–H groups in total. The quantitative estimate of drug-likeness (QED) is 0.503. The van der Waals surface area contributed by atoms with Crippen LogP contribution >= 0.6 is 0 Å². The molecule has 0 aliphatic carbocycles. The molecule has 0 bridgehead atoms. The maximum atomic E-state index is 10.7. The van der Waals surface area contributed by atoms with Crippen LogP contribution in [0.4, 0.5) is 5.69 Å². The van der Waals surface area contributed by atoms with Crippen LogP contribution in [0.15, 0.2) is 43.0 Å². The SMILES string of the molecule is O=[N+]([O-])c1ccc2c(c1)ncn2-c1ncccn1. The van der Waals surface area contributed by atoms with E-state index < -0.39 is 4.92 Å². The van der Waals surface area contributed by atoms with Crippen molar-refractivity contribution in [3.05, 3.63) is 53.1 Å². The summed E-state index contributed by atoms with van der Waals surface area (Å²) < 4.78 is 1.68. The van der Waals surface area contributed by atoms with Crippen molar-refractivity contribution in [3.63, 3.8) is 0 Å². The van der Waals surface area contributed by atoms with Crippen molar-refractivity contribution in [2.75, 3.05) is 0 Å². The van der Waals surface area contributed by atoms with Crippen molar-refractivity contribution in [1.29, 1.82) is 0 Å². The summed E-state index contributed by atoms with van der Waals surface area (Å²) >= 11 is 0. The Morgan fingerprint density at radius 2 is 1.94 bits per heavy atom. The van der Waals surface area contributed by atoms with Crippen LogP contribution in [-0.4, -0.2) is 24.4 Å². The summed E-state index contributed by atoms with van der Waals surface area (Å²) in [5, 5.41) is 10.7. The highest BCUT2D eigenvalue weighted by atomic mass is 16.6. The van der Waals surface area contributed by atoms with Gasteiger partial charge in [-0.05, 0) is 12.1 Å². The summed E-state index contributed by atoms with van der Waals surface area (Å²) in [5.41, 5.74) is 1.28. The molecule has 0 atom stereocenters. The highest BCUT2D eigenvalue weighted by Crippen LogP contribution is 2.21. The number of nitro groups is 1. The fourth-order valence-corrected chi connectivity index (χ4v) is 1.69. The summed E-state index contributed by atoms with van der Waals surface area (Å²) in [6, 6.07) is 6.21. The van der Waals surface area contributed by atoms with E-state index in [1.165, 1.54) is 12.1 Å². The molecule has 3 rings (SSSR count). The molecule has 0 saturated carbocycles. The number of hydrogen-bond donors (Lipinski definition) is 0. The smallest absolute Gasteiger partial charge is 0.267 e. The Labute approximate surface area is 101 Å². The van der Waals surface area contributed by atoms with Crippen molar-refractivity contribution in [3.8, 4) is 5.95 Å². The molecule has 1 aromatic carbocycles. The van der Waals surface area contributed by atoms with Crippen LogP contribution in [0.2, 0.25) is 0 Å². The van der Waals surface area contributed by atoms with Crippen molar-refractivity contribution in [2.24, 2.45) is 0 Å². The van der Waals surface area contributed by atoms with Gasteiger partial charge in [-0.1, -0.05) is 0 Å². The predicted molar refractivity (Wildman–Crippen MR) is 63.3 cm³/mol. The molecule has 0 unspecified atom stereocenters. The molecule has 0 saturated heterocycles. The minimum absolute atomic E-state index is 0.0155. The predicted octanol–water partition coefficient (Wildman–Crippen LogP) is 1.72. The lowest BCUT2D eigenvalue weighted by Gasteiger charge is -2.00. The Balaban J connectivity index is 2.19. The Bertz CT molecular complexity index is 723. The zero-order valence-electron chi connectivity index (χ0n) is 9.09. The molecule has 0 spiro atoms. The summed E-state index contributed by atoms with van der Waals surface area (Å²) in [7, 11) is 0. The van der Waals surface area contributed by atoms with Gasteiger partial charge in [-0.2, -0.15) is 0 Å². The summed E-state index contributed by atoms with van der Waals surface area (Å²) in [5.74, 6) is 0.480. The van der Waals surface area contributed by atoms with E-state index in [1.807, 2.05) is 0 Å². The monoisotopic (exact) mass is 241 g/mol. The maximum absolute atomic E-state index is 10.7. The molecule has 0 amide bonds. The Morgan fingerprint density at radius 3 is 2.67 bits per heavy atom. The summed E-state index contributed by atoms with van der Waals surface area (Å²) in [4.78, 5) is 22.6. The number of imidazole rings is 1. The molecule has 7 nitrogen and oxygen atoms in total. The van der Waals surface area contributed by atoms with Gasteiger partial charge in [0.1, 0.15) is 6.33 Å². The molecular weight excluding hydrogens is 234 g/mol. The average Bonchev–Trinajstić information content (AvgIpc) is 2.82. The van der Waals surface area contributed by atoms with Crippen LogP contribution in [-0.2, 0) is 0 Å². The second kappa shape index (κ2) is 3.88. The van der Waals surface area contributed by atoms with Crippen molar-refractivity contribution in [2.45, 2.75) is 0 Å². The lowest BCUT2D eigenvalue weighted by atomic mass is 10.3. The van der Waals surface area contributed by atoms with E-state index in [-0.39, 0.29) is 5.69 Å². The van der Waals surface area contributed by atoms with E-state index >= 15 is 0 Å². The van der Waals surface area contributed by atoms with Crippen molar-refractivity contribution in [1.82, 2.24) is 19.5 Å². The number of nitro benzene ring substituents is 1. The number of hydrogen-bond acceptors (Lipinski definition) is 5. The minimum Gasteiger partial charge on any atom is -0.267 e. The second-order valence-corrected chi connectivity index (χ2v) is 3.59. The van der Waals surface area contributed by atoms with E-state index in [2.05, 4.69) is 15.0 Å². The third-order valence-electron chi connectivity index (χ3n) is 2.51. The zero-order valence-corrected chi connectivity index (χ0v) is 9.09. The fourth-order valence-electron chi connectivity index (χ4n) is 1.69. The zero-order chi connectivity index (χ0) is 12.5. The molecule has 3 aromatic rings. The van der Waals surface area contributed by atoms with E-state index in [0.717, 1.165) is 5.52 Å². The first kappa shape index (κ1) is 10.3. The largest absolute Gasteiger partial charge is 0.271 e. The van der Waals surface area contributed by atoms with Crippen LogP contribution in [0.25, 0.3) is 17.0 Å². The van der Waals surface area contributed by atoms with Crippen LogP contribution in [0.1, 0.15) is 0 Å². The first-order valence-corrected chi connectivity index (χ1v) is 5.14. The summed E-state index contributed by atoms with van der Waals surface area (Å²) in [6.45, 7) is 0. The third-order valence-corrected chi connectivity index (χ3v) is 2.51. The van der Waals surface area contributed by atoms with Gasteiger partial charge in [0.25, 0.3) is 5.69 Å². The number of fused-ring (bicyclic) bond motifs is 1. The van der Waals surface area contributed by atoms with E-state index in [1.54, 1.807) is 35.4 Å². The molecule has 7 heteroatoms. The highest BCUT2D eigenvalue weighted by Gasteiger charge is 2.11. The Morgan fingerprint density at radius 1 is 1.17 bits per heavy atom. The molecule has 88 valence electrons. The standard InChI is InChI=1S/C11H7N5O2/c17-16(18)8-2-3-10-9(6-8)14-7-15(10)11-12-4-1-5-13-11/h1-7H. The fraction of sp³-hybridized carbons (Fsp3) is 0. The van der Waals surface area contributed by atoms with Gasteiger partial charge in [0.05, 0.1) is 16.0 Å². The Kier molecular flexibility index (Phi) is 2.23. The average molecular weight is 241 g/mol. The topological polar surface area (TPSA) is 86.7 Å². The molecule has 0 radical (unpaired) electrons. The van der Waals surface area contributed by atoms with E-state index in [4.69, 9.17) is 0 Å². The first-order chi connectivity index (χ1) is 8.75. The van der Waals surface area contributed by atoms with Crippen molar-refractivity contribution >= 4 is 16.7 Å². The van der Waals surface area contributed by atoms with Gasteiger partial charge in [-0.15, -0.1) is 0 Å². The van der Waals surface area contributed by atoms with Crippen molar-refractivity contribution < 1.29 is 4.92 Å². The van der Waals surface area contributed by atoms with Gasteiger partial charge in [-0.25, -0.2) is 15.0 Å². The molecule has 2 heterocycles. The third kappa shape index (κ3) is 1.58. The van der Waals surface area contributed by atoms with Crippen LogP contribution in [0.5, 0.6) is 0 Å². The van der Waals surface area contributed by atoms with Crippen LogP contribution < -0.4 is 0 Å². The number of nitrogens with zero attached hydrogens (tertiary/aromatic N) is 5. The molecule has 0 aliphatic rings. The lowest BCUT2D eigenvalue weighted by molar-refractivity contribution is -0.384. The molecule has 0 fully saturated rings. The molecule has 0 aliphatic heterocycles. The molecular formula is C11H7N5O2. The first-order valence-electron chi connectivity index (χ1n) is 5.14. The minimum atomic E-state index is -0.447. The molecule has 18 heavy (non-hydrogen) atoms.